The van der Waals surface area contributed by atoms with E-state index in [1.165, 1.54) is 6.92 Å². The summed E-state index contributed by atoms with van der Waals surface area (Å²) in [6, 6.07) is 0. The molecule has 0 aromatic heterocycles. The van der Waals surface area contributed by atoms with Crippen molar-refractivity contribution in [3.05, 3.63) is 0 Å². The first-order valence-electron chi connectivity index (χ1n) is 3.95. The molecule has 74 valence electrons. The third-order valence-corrected chi connectivity index (χ3v) is 3.36. The Morgan fingerprint density at radius 3 is 2.23 bits per heavy atom. The molecule has 1 amide bonds. The highest BCUT2D eigenvalue weighted by Crippen LogP contribution is 2.63. The second kappa shape index (κ2) is 3.14. The first-order valence-corrected chi connectivity index (χ1v) is 4.71. The van der Waals surface area contributed by atoms with E-state index in [0.29, 0.717) is 6.42 Å². The molecule has 1 rings (SSSR count). The molecule has 0 saturated heterocycles. The topological polar surface area (TPSA) is 46.2 Å². The molecule has 3 nitrogen and oxygen atoms in total. The van der Waals surface area contributed by atoms with Crippen molar-refractivity contribution in [1.29, 1.82) is 0 Å². The quantitative estimate of drug-likeness (QED) is 0.734. The van der Waals surface area contributed by atoms with Gasteiger partial charge in [-0.3, -0.25) is 9.59 Å². The van der Waals surface area contributed by atoms with Gasteiger partial charge in [0.15, 0.2) is 0 Å². The van der Waals surface area contributed by atoms with Gasteiger partial charge in [0.2, 0.25) is 5.91 Å². The molecule has 1 N–H and O–H groups in total. The summed E-state index contributed by atoms with van der Waals surface area (Å²) >= 11 is 11.6. The van der Waals surface area contributed by atoms with Gasteiger partial charge in [-0.2, -0.15) is 0 Å². The van der Waals surface area contributed by atoms with E-state index in [1.807, 2.05) is 0 Å². The van der Waals surface area contributed by atoms with Crippen molar-refractivity contribution in [2.45, 2.75) is 24.6 Å². The van der Waals surface area contributed by atoms with E-state index in [-0.39, 0.29) is 18.2 Å². The number of amides is 1. The number of halogens is 2. The molecule has 0 aromatic rings. The minimum absolute atomic E-state index is 0.0400. The van der Waals surface area contributed by atoms with Crippen LogP contribution in [0.15, 0.2) is 0 Å². The Morgan fingerprint density at radius 2 is 1.92 bits per heavy atom. The van der Waals surface area contributed by atoms with E-state index in [1.54, 1.807) is 6.92 Å². The number of Topliss-reactive ketones (excluding diaryl/α,β-unsaturated/α-hetero) is 1. The lowest BCUT2D eigenvalue weighted by molar-refractivity contribution is -0.128. The maximum absolute atomic E-state index is 11.4. The molecule has 0 aromatic carbocycles. The largest absolute Gasteiger partial charge is 0.348 e. The Bertz CT molecular complexity index is 265. The first kappa shape index (κ1) is 10.8. The highest BCUT2D eigenvalue weighted by Gasteiger charge is 2.67. The van der Waals surface area contributed by atoms with E-state index in [2.05, 4.69) is 5.32 Å². The second-order valence-corrected chi connectivity index (χ2v) is 5.08. The van der Waals surface area contributed by atoms with Gasteiger partial charge >= 0.3 is 0 Å². The number of hydrogen-bond donors (Lipinski definition) is 1. The Labute approximate surface area is 86.8 Å². The highest BCUT2D eigenvalue weighted by molar-refractivity contribution is 6.53. The number of carbonyl (C=O) groups is 2. The second-order valence-electron chi connectivity index (χ2n) is 3.60. The highest BCUT2D eigenvalue weighted by atomic mass is 35.5. The van der Waals surface area contributed by atoms with Gasteiger partial charge in [-0.25, -0.2) is 0 Å². The van der Waals surface area contributed by atoms with Crippen LogP contribution in [0.3, 0.4) is 0 Å². The minimum Gasteiger partial charge on any atom is -0.348 e. The van der Waals surface area contributed by atoms with Gasteiger partial charge in [-0.15, -0.1) is 23.2 Å². The SMILES string of the molecule is CC(=O)CNC(=O)C1(C)CC1(Cl)Cl. The molecule has 1 saturated carbocycles. The molecule has 13 heavy (non-hydrogen) atoms. The summed E-state index contributed by atoms with van der Waals surface area (Å²) in [4.78, 5) is 22.0. The summed E-state index contributed by atoms with van der Waals surface area (Å²) in [5.41, 5.74) is -0.731. The molecular formula is C8H11Cl2NO2. The van der Waals surface area contributed by atoms with Crippen molar-refractivity contribution in [2.75, 3.05) is 6.54 Å². The molecule has 0 heterocycles. The summed E-state index contributed by atoms with van der Waals surface area (Å²) in [5, 5.41) is 2.48. The van der Waals surface area contributed by atoms with Gasteiger partial charge in [-0.05, 0) is 20.3 Å². The van der Waals surface area contributed by atoms with Gasteiger partial charge in [0.1, 0.15) is 10.1 Å². The summed E-state index contributed by atoms with van der Waals surface area (Å²) in [6.07, 6.45) is 0.437. The first-order chi connectivity index (χ1) is 5.79. The third kappa shape index (κ3) is 1.97. The van der Waals surface area contributed by atoms with Crippen LogP contribution in [0.2, 0.25) is 0 Å². The van der Waals surface area contributed by atoms with Crippen molar-refractivity contribution in [2.24, 2.45) is 5.41 Å². The van der Waals surface area contributed by atoms with Gasteiger partial charge < -0.3 is 5.32 Å². The van der Waals surface area contributed by atoms with Crippen molar-refractivity contribution >= 4 is 34.9 Å². The summed E-state index contributed by atoms with van der Waals surface area (Å²) in [5.74, 6) is -0.347. The molecule has 1 unspecified atom stereocenters. The predicted molar refractivity (Wildman–Crippen MR) is 50.9 cm³/mol. The lowest BCUT2D eigenvalue weighted by atomic mass is 10.1. The van der Waals surface area contributed by atoms with Gasteiger partial charge in [-0.1, -0.05) is 0 Å². The maximum Gasteiger partial charge on any atom is 0.229 e. The number of nitrogens with one attached hydrogen (secondary N) is 1. The Hall–Kier alpha value is -0.280. The molecule has 1 aliphatic rings. The van der Waals surface area contributed by atoms with E-state index in [9.17, 15) is 9.59 Å². The fraction of sp³-hybridized carbons (Fsp3) is 0.750. The van der Waals surface area contributed by atoms with E-state index < -0.39 is 9.75 Å². The van der Waals surface area contributed by atoms with Crippen LogP contribution in [0, 0.1) is 5.41 Å². The average Bonchev–Trinajstić information content (AvgIpc) is 2.48. The Kier molecular flexibility index (Phi) is 2.61. The monoisotopic (exact) mass is 223 g/mol. The van der Waals surface area contributed by atoms with Crippen LogP contribution < -0.4 is 5.32 Å². The zero-order chi connectivity index (χ0) is 10.3. The number of carbonyl (C=O) groups excluding carboxylic acids is 2. The molecule has 5 heteroatoms. The minimum atomic E-state index is -0.964. The number of rotatable bonds is 3. The fourth-order valence-corrected chi connectivity index (χ4v) is 1.75. The zero-order valence-electron chi connectivity index (χ0n) is 7.49. The lowest BCUT2D eigenvalue weighted by Crippen LogP contribution is -2.36. The number of ketones is 1. The molecule has 0 bridgehead atoms. The summed E-state index contributed by atoms with van der Waals surface area (Å²) in [6.45, 7) is 3.13. The van der Waals surface area contributed by atoms with Crippen molar-refractivity contribution in [3.8, 4) is 0 Å². The van der Waals surface area contributed by atoms with E-state index in [4.69, 9.17) is 23.2 Å². The molecule has 0 radical (unpaired) electrons. The molecule has 0 spiro atoms. The Balaban J connectivity index is 2.47. The van der Waals surface area contributed by atoms with Crippen molar-refractivity contribution < 1.29 is 9.59 Å². The number of hydrogen-bond acceptors (Lipinski definition) is 2. The fourth-order valence-electron chi connectivity index (χ4n) is 1.05. The van der Waals surface area contributed by atoms with Crippen LogP contribution in [-0.2, 0) is 9.59 Å². The molecular weight excluding hydrogens is 213 g/mol. The van der Waals surface area contributed by atoms with Gasteiger partial charge in [0, 0.05) is 0 Å². The maximum atomic E-state index is 11.4. The molecule has 1 aliphatic carbocycles. The number of alkyl halides is 2. The normalized spacial score (nSPS) is 29.5. The predicted octanol–water partition coefficient (Wildman–Crippen LogP) is 1.28. The third-order valence-electron chi connectivity index (χ3n) is 2.26. The van der Waals surface area contributed by atoms with Crippen LogP contribution in [0.5, 0.6) is 0 Å². The summed E-state index contributed by atoms with van der Waals surface area (Å²) < 4.78 is -0.964. The average molecular weight is 224 g/mol. The molecule has 1 fully saturated rings. The van der Waals surface area contributed by atoms with Crippen LogP contribution in [0.25, 0.3) is 0 Å². The Morgan fingerprint density at radius 1 is 1.46 bits per heavy atom. The van der Waals surface area contributed by atoms with Crippen LogP contribution in [0.4, 0.5) is 0 Å². The van der Waals surface area contributed by atoms with E-state index in [0.717, 1.165) is 0 Å². The zero-order valence-corrected chi connectivity index (χ0v) is 9.00. The van der Waals surface area contributed by atoms with Crippen LogP contribution >= 0.6 is 23.2 Å². The standard InChI is InChI=1S/C8H11Cl2NO2/c1-5(12)3-11-6(13)7(2)4-8(7,9)10/h3-4H2,1-2H3,(H,11,13). The summed E-state index contributed by atoms with van der Waals surface area (Å²) in [7, 11) is 0. The lowest BCUT2D eigenvalue weighted by Gasteiger charge is -2.10. The van der Waals surface area contributed by atoms with Crippen LogP contribution in [-0.4, -0.2) is 22.6 Å². The van der Waals surface area contributed by atoms with Gasteiger partial charge in [0.25, 0.3) is 0 Å². The van der Waals surface area contributed by atoms with Crippen LogP contribution in [0.1, 0.15) is 20.3 Å². The van der Waals surface area contributed by atoms with E-state index >= 15 is 0 Å². The van der Waals surface area contributed by atoms with Gasteiger partial charge in [0.05, 0.1) is 12.0 Å². The molecule has 1 atom stereocenters. The van der Waals surface area contributed by atoms with Crippen molar-refractivity contribution in [3.63, 3.8) is 0 Å². The van der Waals surface area contributed by atoms with Crippen molar-refractivity contribution in [1.82, 2.24) is 5.32 Å². The molecule has 0 aliphatic heterocycles. The smallest absolute Gasteiger partial charge is 0.229 e.